The Morgan fingerprint density at radius 1 is 1.30 bits per heavy atom. The van der Waals surface area contributed by atoms with E-state index in [1.807, 2.05) is 17.8 Å². The molecule has 2 heterocycles. The first-order valence-electron chi connectivity index (χ1n) is 8.48. The first-order valence-corrected chi connectivity index (χ1v) is 9.47. The third-order valence-corrected chi connectivity index (χ3v) is 6.34. The number of likely N-dealkylation sites (tertiary alicyclic amines) is 1. The lowest BCUT2D eigenvalue weighted by Gasteiger charge is -2.37. The van der Waals surface area contributed by atoms with Crippen LogP contribution < -0.4 is 5.73 Å². The predicted molar refractivity (Wildman–Crippen MR) is 93.4 cm³/mol. The van der Waals surface area contributed by atoms with E-state index < -0.39 is 0 Å². The Morgan fingerprint density at radius 2 is 2.04 bits per heavy atom. The van der Waals surface area contributed by atoms with E-state index in [0.717, 1.165) is 38.1 Å². The molecule has 1 aromatic carbocycles. The van der Waals surface area contributed by atoms with Gasteiger partial charge in [-0.3, -0.25) is 4.79 Å². The van der Waals surface area contributed by atoms with Gasteiger partial charge in [-0.15, -0.1) is 11.8 Å². The molecule has 2 aliphatic rings. The topological polar surface area (TPSA) is 55.6 Å². The standard InChI is InChI=1S/C18H26N2O2S/c19-14-18(7-10-22-11-8-18)17(21)20-9-6-15(12-20)13-23-16-4-2-1-3-5-16/h1-5,15H,6-14,19H2. The van der Waals surface area contributed by atoms with Gasteiger partial charge in [-0.05, 0) is 37.3 Å². The van der Waals surface area contributed by atoms with E-state index in [2.05, 4.69) is 29.2 Å². The van der Waals surface area contributed by atoms with E-state index in [9.17, 15) is 4.79 Å². The molecule has 0 bridgehead atoms. The van der Waals surface area contributed by atoms with Crippen LogP contribution in [-0.4, -0.2) is 49.4 Å². The third-order valence-electron chi connectivity index (χ3n) is 5.10. The number of ether oxygens (including phenoxy) is 1. The van der Waals surface area contributed by atoms with Crippen molar-refractivity contribution in [2.75, 3.05) is 38.6 Å². The van der Waals surface area contributed by atoms with Crippen LogP contribution in [0.5, 0.6) is 0 Å². The molecule has 126 valence electrons. The SMILES string of the molecule is NCC1(C(=O)N2CCC(CSc3ccccc3)C2)CCOCC1. The Balaban J connectivity index is 1.53. The molecule has 2 saturated heterocycles. The van der Waals surface area contributed by atoms with E-state index in [1.54, 1.807) is 0 Å². The van der Waals surface area contributed by atoms with Crippen molar-refractivity contribution >= 4 is 17.7 Å². The van der Waals surface area contributed by atoms with Crippen molar-refractivity contribution in [3.63, 3.8) is 0 Å². The highest BCUT2D eigenvalue weighted by Crippen LogP contribution is 2.34. The number of nitrogens with two attached hydrogens (primary N) is 1. The Morgan fingerprint density at radius 3 is 2.74 bits per heavy atom. The van der Waals surface area contributed by atoms with Crippen molar-refractivity contribution < 1.29 is 9.53 Å². The average Bonchev–Trinajstić information content (AvgIpc) is 3.09. The molecule has 2 fully saturated rings. The van der Waals surface area contributed by atoms with Crippen molar-refractivity contribution in [3.8, 4) is 0 Å². The highest BCUT2D eigenvalue weighted by molar-refractivity contribution is 7.99. The lowest BCUT2D eigenvalue weighted by molar-refractivity contribution is -0.146. The maximum Gasteiger partial charge on any atom is 0.230 e. The minimum Gasteiger partial charge on any atom is -0.381 e. The monoisotopic (exact) mass is 334 g/mol. The van der Waals surface area contributed by atoms with E-state index in [-0.39, 0.29) is 11.3 Å². The average molecular weight is 334 g/mol. The van der Waals surface area contributed by atoms with E-state index in [0.29, 0.717) is 25.7 Å². The lowest BCUT2D eigenvalue weighted by Crippen LogP contribution is -2.50. The van der Waals surface area contributed by atoms with Crippen molar-refractivity contribution in [2.24, 2.45) is 17.1 Å². The van der Waals surface area contributed by atoms with Gasteiger partial charge in [0, 0.05) is 43.5 Å². The summed E-state index contributed by atoms with van der Waals surface area (Å²) in [5.74, 6) is 1.92. The molecular formula is C18H26N2O2S. The maximum absolute atomic E-state index is 13.0. The van der Waals surface area contributed by atoms with Crippen LogP contribution in [0.1, 0.15) is 19.3 Å². The predicted octanol–water partition coefficient (Wildman–Crippen LogP) is 2.38. The van der Waals surface area contributed by atoms with Gasteiger partial charge in [0.2, 0.25) is 5.91 Å². The van der Waals surface area contributed by atoms with Gasteiger partial charge < -0.3 is 15.4 Å². The highest BCUT2D eigenvalue weighted by Gasteiger charge is 2.43. The summed E-state index contributed by atoms with van der Waals surface area (Å²) in [5.41, 5.74) is 5.59. The Labute approximate surface area is 142 Å². The molecule has 0 aliphatic carbocycles. The molecule has 1 amide bonds. The summed E-state index contributed by atoms with van der Waals surface area (Å²) in [4.78, 5) is 16.3. The molecule has 4 nitrogen and oxygen atoms in total. The number of hydrogen-bond acceptors (Lipinski definition) is 4. The largest absolute Gasteiger partial charge is 0.381 e. The summed E-state index contributed by atoms with van der Waals surface area (Å²) in [6.07, 6.45) is 2.63. The van der Waals surface area contributed by atoms with Gasteiger partial charge in [0.15, 0.2) is 0 Å². The molecule has 2 N–H and O–H groups in total. The van der Waals surface area contributed by atoms with Crippen molar-refractivity contribution in [2.45, 2.75) is 24.2 Å². The Kier molecular flexibility index (Phi) is 5.62. The zero-order valence-electron chi connectivity index (χ0n) is 13.6. The molecule has 1 atom stereocenters. The van der Waals surface area contributed by atoms with Crippen molar-refractivity contribution in [1.29, 1.82) is 0 Å². The quantitative estimate of drug-likeness (QED) is 0.840. The molecule has 2 aliphatic heterocycles. The minimum atomic E-state index is -0.375. The fraction of sp³-hybridized carbons (Fsp3) is 0.611. The van der Waals surface area contributed by atoms with Crippen molar-refractivity contribution in [1.82, 2.24) is 4.90 Å². The highest BCUT2D eigenvalue weighted by atomic mass is 32.2. The molecule has 0 spiro atoms. The zero-order valence-corrected chi connectivity index (χ0v) is 14.4. The minimum absolute atomic E-state index is 0.260. The molecule has 5 heteroatoms. The van der Waals surface area contributed by atoms with Crippen LogP contribution in [0.15, 0.2) is 35.2 Å². The second-order valence-electron chi connectivity index (χ2n) is 6.63. The van der Waals surface area contributed by atoms with Crippen LogP contribution in [-0.2, 0) is 9.53 Å². The lowest BCUT2D eigenvalue weighted by atomic mass is 9.79. The fourth-order valence-electron chi connectivity index (χ4n) is 3.49. The molecule has 1 aromatic rings. The van der Waals surface area contributed by atoms with E-state index >= 15 is 0 Å². The summed E-state index contributed by atoms with van der Waals surface area (Å²) < 4.78 is 5.42. The van der Waals surface area contributed by atoms with Crippen LogP contribution in [0, 0.1) is 11.3 Å². The Bertz CT molecular complexity index is 517. The zero-order chi connectivity index (χ0) is 16.1. The Hall–Kier alpha value is -1.04. The first kappa shape index (κ1) is 16.8. The summed E-state index contributed by atoms with van der Waals surface area (Å²) in [7, 11) is 0. The fourth-order valence-corrected chi connectivity index (χ4v) is 4.54. The molecule has 0 radical (unpaired) electrons. The van der Waals surface area contributed by atoms with Crippen molar-refractivity contribution in [3.05, 3.63) is 30.3 Å². The van der Waals surface area contributed by atoms with Gasteiger partial charge in [-0.2, -0.15) is 0 Å². The number of thioether (sulfide) groups is 1. The van der Waals surface area contributed by atoms with Crippen LogP contribution in [0.2, 0.25) is 0 Å². The maximum atomic E-state index is 13.0. The molecule has 23 heavy (non-hydrogen) atoms. The molecule has 0 aromatic heterocycles. The number of carbonyl (C=O) groups excluding carboxylic acids is 1. The van der Waals surface area contributed by atoms with Gasteiger partial charge in [-0.1, -0.05) is 18.2 Å². The van der Waals surface area contributed by atoms with Crippen LogP contribution in [0.4, 0.5) is 0 Å². The summed E-state index contributed by atoms with van der Waals surface area (Å²) >= 11 is 1.89. The summed E-state index contributed by atoms with van der Waals surface area (Å²) in [6, 6.07) is 10.5. The number of rotatable bonds is 5. The van der Waals surface area contributed by atoms with Crippen LogP contribution >= 0.6 is 11.8 Å². The second-order valence-corrected chi connectivity index (χ2v) is 7.72. The number of carbonyl (C=O) groups is 1. The van der Waals surface area contributed by atoms with Gasteiger partial charge in [0.05, 0.1) is 5.41 Å². The van der Waals surface area contributed by atoms with Gasteiger partial charge in [-0.25, -0.2) is 0 Å². The van der Waals surface area contributed by atoms with E-state index in [1.165, 1.54) is 4.90 Å². The number of benzene rings is 1. The van der Waals surface area contributed by atoms with Gasteiger partial charge in [0.1, 0.15) is 0 Å². The number of nitrogens with zero attached hydrogens (tertiary/aromatic N) is 1. The third kappa shape index (κ3) is 3.90. The normalized spacial score (nSPS) is 23.9. The van der Waals surface area contributed by atoms with Gasteiger partial charge in [0.25, 0.3) is 0 Å². The molecular weight excluding hydrogens is 308 g/mol. The van der Waals surface area contributed by atoms with Gasteiger partial charge >= 0.3 is 0 Å². The summed E-state index contributed by atoms with van der Waals surface area (Å²) in [6.45, 7) is 3.51. The van der Waals surface area contributed by atoms with E-state index in [4.69, 9.17) is 10.5 Å². The number of hydrogen-bond donors (Lipinski definition) is 1. The van der Waals surface area contributed by atoms with Crippen LogP contribution in [0.3, 0.4) is 0 Å². The number of amides is 1. The first-order chi connectivity index (χ1) is 11.2. The molecule has 1 unspecified atom stereocenters. The smallest absolute Gasteiger partial charge is 0.230 e. The molecule has 0 saturated carbocycles. The molecule has 3 rings (SSSR count). The van der Waals surface area contributed by atoms with Crippen LogP contribution in [0.25, 0.3) is 0 Å². The second kappa shape index (κ2) is 7.69. The summed E-state index contributed by atoms with van der Waals surface area (Å²) in [5, 5.41) is 0.